The van der Waals surface area contributed by atoms with Crippen molar-refractivity contribution in [1.82, 2.24) is 5.48 Å². The van der Waals surface area contributed by atoms with Gasteiger partial charge in [-0.05, 0) is 53.2 Å². The second-order valence-electron chi connectivity index (χ2n) is 6.18. The van der Waals surface area contributed by atoms with Crippen molar-refractivity contribution in [3.8, 4) is 5.75 Å². The third kappa shape index (κ3) is 6.56. The van der Waals surface area contributed by atoms with Crippen LogP contribution in [0.2, 0.25) is 0 Å². The van der Waals surface area contributed by atoms with Crippen LogP contribution in [0.3, 0.4) is 0 Å². The standard InChI is InChI=1S/C20H20Br2N2O6/c1-11-3-5-13(6-4-11)23-20(27)30-19(16(29-2)7-8-17(25)24-28)14-9-12(21)10-15(22)18(14)26/h3-10,16,19,26,28H,1-2H3,(H,23,27)(H,24,25)/b8-7+/t16-,19-/m1/s1. The number of ether oxygens (including phenoxy) is 2. The molecule has 0 saturated carbocycles. The highest BCUT2D eigenvalue weighted by atomic mass is 79.9. The summed E-state index contributed by atoms with van der Waals surface area (Å²) < 4.78 is 11.9. The van der Waals surface area contributed by atoms with Crippen LogP contribution in [-0.4, -0.2) is 35.5 Å². The molecule has 0 aliphatic heterocycles. The average Bonchev–Trinajstić information content (AvgIpc) is 2.71. The van der Waals surface area contributed by atoms with Gasteiger partial charge in [-0.3, -0.25) is 15.3 Å². The van der Waals surface area contributed by atoms with E-state index in [1.807, 2.05) is 19.1 Å². The lowest BCUT2D eigenvalue weighted by atomic mass is 10.0. The van der Waals surface area contributed by atoms with Gasteiger partial charge >= 0.3 is 6.09 Å². The minimum atomic E-state index is -1.13. The van der Waals surface area contributed by atoms with Crippen molar-refractivity contribution >= 4 is 49.5 Å². The van der Waals surface area contributed by atoms with Crippen molar-refractivity contribution in [3.05, 3.63) is 68.6 Å². The maximum absolute atomic E-state index is 12.5. The van der Waals surface area contributed by atoms with Gasteiger partial charge in [0.1, 0.15) is 11.9 Å². The molecule has 4 N–H and O–H groups in total. The van der Waals surface area contributed by atoms with E-state index >= 15 is 0 Å². The predicted octanol–water partition coefficient (Wildman–Crippen LogP) is 4.59. The van der Waals surface area contributed by atoms with E-state index in [0.29, 0.717) is 14.6 Å². The topological polar surface area (TPSA) is 117 Å². The quantitative estimate of drug-likeness (QED) is 0.230. The number of hydrogen-bond acceptors (Lipinski definition) is 6. The molecule has 0 radical (unpaired) electrons. The third-order valence-corrected chi connectivity index (χ3v) is 5.08. The molecule has 2 aromatic rings. The zero-order valence-electron chi connectivity index (χ0n) is 16.1. The molecule has 2 rings (SSSR count). The summed E-state index contributed by atoms with van der Waals surface area (Å²) in [6.45, 7) is 1.92. The minimum Gasteiger partial charge on any atom is -0.506 e. The first-order chi connectivity index (χ1) is 14.2. The van der Waals surface area contributed by atoms with E-state index in [2.05, 4.69) is 37.2 Å². The smallest absolute Gasteiger partial charge is 0.412 e. The van der Waals surface area contributed by atoms with Crippen molar-refractivity contribution in [2.45, 2.75) is 19.1 Å². The van der Waals surface area contributed by atoms with Crippen LogP contribution in [0.5, 0.6) is 5.75 Å². The number of carbonyl (C=O) groups is 2. The zero-order chi connectivity index (χ0) is 22.3. The Balaban J connectivity index is 2.37. The first kappa shape index (κ1) is 23.9. The molecule has 8 nitrogen and oxygen atoms in total. The van der Waals surface area contributed by atoms with E-state index in [9.17, 15) is 14.7 Å². The van der Waals surface area contributed by atoms with Gasteiger partial charge in [0, 0.05) is 28.9 Å². The third-order valence-electron chi connectivity index (χ3n) is 4.01. The van der Waals surface area contributed by atoms with Gasteiger partial charge in [-0.2, -0.15) is 0 Å². The summed E-state index contributed by atoms with van der Waals surface area (Å²) in [6.07, 6.45) is -0.563. The van der Waals surface area contributed by atoms with E-state index in [1.54, 1.807) is 24.3 Å². The molecule has 30 heavy (non-hydrogen) atoms. The van der Waals surface area contributed by atoms with Crippen molar-refractivity contribution in [1.29, 1.82) is 0 Å². The number of hydrogen-bond donors (Lipinski definition) is 4. The van der Waals surface area contributed by atoms with E-state index < -0.39 is 24.2 Å². The number of phenolic OH excluding ortho intramolecular Hbond substituents is 1. The Kier molecular flexibility index (Phi) is 8.85. The molecular weight excluding hydrogens is 524 g/mol. The minimum absolute atomic E-state index is 0.159. The Morgan fingerprint density at radius 1 is 1.17 bits per heavy atom. The summed E-state index contributed by atoms with van der Waals surface area (Å²) in [5.74, 6) is -0.951. The fraction of sp³-hybridized carbons (Fsp3) is 0.200. The van der Waals surface area contributed by atoms with Crippen LogP contribution in [0, 0.1) is 6.92 Å². The Labute approximate surface area is 190 Å². The number of aryl methyl sites for hydroxylation is 1. The summed E-state index contributed by atoms with van der Waals surface area (Å²) >= 11 is 6.58. The number of methoxy groups -OCH3 is 1. The highest BCUT2D eigenvalue weighted by Crippen LogP contribution is 2.39. The fourth-order valence-electron chi connectivity index (χ4n) is 2.53. The maximum Gasteiger partial charge on any atom is 0.412 e. The van der Waals surface area contributed by atoms with Gasteiger partial charge in [-0.25, -0.2) is 10.3 Å². The molecule has 0 aromatic heterocycles. The molecule has 0 spiro atoms. The van der Waals surface area contributed by atoms with Crippen molar-refractivity contribution < 1.29 is 29.4 Å². The monoisotopic (exact) mass is 542 g/mol. The number of halogens is 2. The number of aromatic hydroxyl groups is 1. The number of phenols is 1. The summed E-state index contributed by atoms with van der Waals surface area (Å²) in [5, 5.41) is 21.8. The molecule has 10 heteroatoms. The summed E-state index contributed by atoms with van der Waals surface area (Å²) in [7, 11) is 1.35. The molecule has 0 unspecified atom stereocenters. The van der Waals surface area contributed by atoms with E-state index in [-0.39, 0.29) is 11.3 Å². The van der Waals surface area contributed by atoms with Crippen LogP contribution < -0.4 is 10.8 Å². The Morgan fingerprint density at radius 2 is 1.83 bits per heavy atom. The van der Waals surface area contributed by atoms with Gasteiger partial charge in [0.2, 0.25) is 0 Å². The van der Waals surface area contributed by atoms with Crippen LogP contribution in [0.1, 0.15) is 17.2 Å². The summed E-state index contributed by atoms with van der Waals surface area (Å²) in [4.78, 5) is 23.9. The van der Waals surface area contributed by atoms with Crippen molar-refractivity contribution in [2.75, 3.05) is 12.4 Å². The van der Waals surface area contributed by atoms with Crippen LogP contribution in [-0.2, 0) is 14.3 Å². The second kappa shape index (κ2) is 11.1. The lowest BCUT2D eigenvalue weighted by Crippen LogP contribution is -2.27. The molecule has 0 saturated heterocycles. The SMILES string of the molecule is CO[C@H](/C=C/C(=O)NO)[C@H](OC(=O)Nc1ccc(C)cc1)c1cc(Br)cc(Br)c1O. The molecule has 0 heterocycles. The van der Waals surface area contributed by atoms with Gasteiger partial charge in [-0.1, -0.05) is 33.6 Å². The molecule has 2 aromatic carbocycles. The lowest BCUT2D eigenvalue weighted by molar-refractivity contribution is -0.124. The lowest BCUT2D eigenvalue weighted by Gasteiger charge is -2.25. The first-order valence-corrected chi connectivity index (χ1v) is 10.2. The van der Waals surface area contributed by atoms with Crippen molar-refractivity contribution in [2.24, 2.45) is 0 Å². The van der Waals surface area contributed by atoms with Gasteiger partial charge in [0.25, 0.3) is 5.91 Å². The first-order valence-electron chi connectivity index (χ1n) is 8.62. The Bertz CT molecular complexity index is 934. The highest BCUT2D eigenvalue weighted by Gasteiger charge is 2.29. The average molecular weight is 544 g/mol. The van der Waals surface area contributed by atoms with Crippen LogP contribution >= 0.6 is 31.9 Å². The van der Waals surface area contributed by atoms with E-state index in [0.717, 1.165) is 11.6 Å². The molecule has 0 aliphatic carbocycles. The molecule has 2 atom stereocenters. The second-order valence-corrected chi connectivity index (χ2v) is 7.95. The van der Waals surface area contributed by atoms with Gasteiger partial charge in [0.05, 0.1) is 4.47 Å². The molecule has 160 valence electrons. The molecule has 0 fully saturated rings. The van der Waals surface area contributed by atoms with Crippen LogP contribution in [0.25, 0.3) is 0 Å². The summed E-state index contributed by atoms with van der Waals surface area (Å²) in [5.41, 5.74) is 3.25. The Morgan fingerprint density at radius 3 is 2.43 bits per heavy atom. The van der Waals surface area contributed by atoms with Crippen LogP contribution in [0.4, 0.5) is 10.5 Å². The van der Waals surface area contributed by atoms with E-state index in [1.165, 1.54) is 18.7 Å². The number of hydroxylamine groups is 1. The largest absolute Gasteiger partial charge is 0.506 e. The fourth-order valence-corrected chi connectivity index (χ4v) is 3.79. The van der Waals surface area contributed by atoms with Gasteiger partial charge < -0.3 is 14.6 Å². The molecule has 0 aliphatic rings. The molecular formula is C20H20Br2N2O6. The number of nitrogens with one attached hydrogen (secondary N) is 2. The van der Waals surface area contributed by atoms with Gasteiger partial charge in [-0.15, -0.1) is 0 Å². The summed E-state index contributed by atoms with van der Waals surface area (Å²) in [6, 6.07) is 10.3. The number of anilines is 1. The molecule has 2 amide bonds. The van der Waals surface area contributed by atoms with E-state index in [4.69, 9.17) is 14.7 Å². The number of rotatable bonds is 7. The van der Waals surface area contributed by atoms with Crippen LogP contribution in [0.15, 0.2) is 57.5 Å². The predicted molar refractivity (Wildman–Crippen MR) is 117 cm³/mol. The highest BCUT2D eigenvalue weighted by molar-refractivity contribution is 9.11. The maximum atomic E-state index is 12.5. The Hall–Kier alpha value is -2.40. The number of carbonyl (C=O) groups excluding carboxylic acids is 2. The number of amides is 2. The van der Waals surface area contributed by atoms with Crippen molar-refractivity contribution in [3.63, 3.8) is 0 Å². The number of benzene rings is 2. The molecule has 0 bridgehead atoms. The zero-order valence-corrected chi connectivity index (χ0v) is 19.2. The normalized spacial score (nSPS) is 13.0. The van der Waals surface area contributed by atoms with Gasteiger partial charge in [0.15, 0.2) is 6.10 Å².